The van der Waals surface area contributed by atoms with E-state index in [9.17, 15) is 4.79 Å². The highest BCUT2D eigenvalue weighted by atomic mass is 16.5. The van der Waals surface area contributed by atoms with E-state index in [4.69, 9.17) is 19.2 Å². The molecule has 0 saturated carbocycles. The van der Waals surface area contributed by atoms with E-state index in [1.54, 1.807) is 32.0 Å². The number of hydrogen-bond donors (Lipinski definition) is 0. The number of ether oxygens (including phenoxy) is 3. The van der Waals surface area contributed by atoms with Gasteiger partial charge in [0.1, 0.15) is 11.6 Å². The zero-order chi connectivity index (χ0) is 26.1. The summed E-state index contributed by atoms with van der Waals surface area (Å²) in [5, 5.41) is 2.60. The van der Waals surface area contributed by atoms with Crippen LogP contribution in [-0.2, 0) is 0 Å². The van der Waals surface area contributed by atoms with Gasteiger partial charge in [-0.15, -0.1) is 0 Å². The molecule has 4 aromatic carbocycles. The Hall–Kier alpha value is -4.58. The van der Waals surface area contributed by atoms with Crippen LogP contribution < -0.4 is 19.8 Å². The molecule has 0 unspecified atom stereocenters. The van der Waals surface area contributed by atoms with E-state index in [1.165, 1.54) is 0 Å². The third-order valence-electron chi connectivity index (χ3n) is 6.66. The molecule has 0 N–H and O–H groups in total. The lowest BCUT2D eigenvalue weighted by Gasteiger charge is -2.14. The molecule has 1 aromatic heterocycles. The summed E-state index contributed by atoms with van der Waals surface area (Å²) >= 11 is 0. The van der Waals surface area contributed by atoms with Crippen LogP contribution in [0, 0.1) is 13.8 Å². The molecule has 0 aliphatic carbocycles. The normalized spacial score (nSPS) is 11.4. The fourth-order valence-electron chi connectivity index (χ4n) is 4.46. The van der Waals surface area contributed by atoms with Gasteiger partial charge in [-0.2, -0.15) is 0 Å². The monoisotopic (exact) mass is 492 g/mol. The number of hydrogen-bond acceptors (Lipinski definition) is 5. The summed E-state index contributed by atoms with van der Waals surface area (Å²) in [7, 11) is 4.77. The van der Waals surface area contributed by atoms with Crippen LogP contribution >= 0.6 is 0 Å². The van der Waals surface area contributed by atoms with Crippen LogP contribution in [0.1, 0.15) is 22.5 Å². The van der Waals surface area contributed by atoms with Crippen molar-refractivity contribution < 1.29 is 14.2 Å². The Balaban J connectivity index is 1.77. The Morgan fingerprint density at radius 3 is 2.08 bits per heavy atom. The lowest BCUT2D eigenvalue weighted by Crippen LogP contribution is -2.22. The molecule has 0 atom stereocenters. The molecule has 6 heteroatoms. The predicted octanol–water partition coefficient (Wildman–Crippen LogP) is 6.35. The van der Waals surface area contributed by atoms with Gasteiger partial charge in [-0.25, -0.2) is 4.98 Å². The minimum atomic E-state index is -0.127. The Kier molecular flexibility index (Phi) is 6.40. The van der Waals surface area contributed by atoms with Gasteiger partial charge in [0.2, 0.25) is 0 Å². The number of methoxy groups -OCH3 is 3. The maximum Gasteiger partial charge on any atom is 0.266 e. The van der Waals surface area contributed by atoms with Crippen LogP contribution in [0.3, 0.4) is 0 Å². The van der Waals surface area contributed by atoms with Crippen molar-refractivity contribution in [3.05, 3.63) is 99.6 Å². The van der Waals surface area contributed by atoms with Gasteiger partial charge in [-0.1, -0.05) is 30.3 Å². The average Bonchev–Trinajstić information content (AvgIpc) is 2.92. The van der Waals surface area contributed by atoms with E-state index in [2.05, 4.69) is 6.92 Å². The van der Waals surface area contributed by atoms with Gasteiger partial charge in [0, 0.05) is 11.6 Å². The van der Waals surface area contributed by atoms with E-state index in [-0.39, 0.29) is 5.56 Å². The van der Waals surface area contributed by atoms with Crippen molar-refractivity contribution in [1.82, 2.24) is 9.55 Å². The minimum absolute atomic E-state index is 0.127. The average molecular weight is 493 g/mol. The molecular formula is C31H28N2O4. The van der Waals surface area contributed by atoms with Gasteiger partial charge in [-0.3, -0.25) is 9.36 Å². The number of fused-ring (bicyclic) bond motifs is 2. The summed E-state index contributed by atoms with van der Waals surface area (Å²) in [6.07, 6.45) is 3.70. The smallest absolute Gasteiger partial charge is 0.266 e. The predicted molar refractivity (Wildman–Crippen MR) is 149 cm³/mol. The van der Waals surface area contributed by atoms with E-state index >= 15 is 0 Å². The molecule has 0 fully saturated rings. The highest BCUT2D eigenvalue weighted by Crippen LogP contribution is 2.35. The standard InChI is InChI=1S/C31H28N2O4/c1-19-10-12-24(14-20(19)2)33-30(13-11-23-17-28(36-4)29(37-5)18-27(23)35-3)32-26-16-22-9-7-6-8-21(22)15-25(26)31(33)34/h6-18H,1-5H3/b13-11+. The molecule has 5 rings (SSSR count). The number of aromatic nitrogens is 2. The molecule has 37 heavy (non-hydrogen) atoms. The zero-order valence-corrected chi connectivity index (χ0v) is 21.5. The molecule has 0 spiro atoms. The molecule has 0 aliphatic heterocycles. The van der Waals surface area contributed by atoms with Gasteiger partial charge < -0.3 is 14.2 Å². The fourth-order valence-corrected chi connectivity index (χ4v) is 4.46. The van der Waals surface area contributed by atoms with Gasteiger partial charge in [-0.05, 0) is 78.2 Å². The molecule has 6 nitrogen and oxygen atoms in total. The first-order valence-corrected chi connectivity index (χ1v) is 11.9. The number of nitrogens with zero attached hydrogens (tertiary/aromatic N) is 2. The summed E-state index contributed by atoms with van der Waals surface area (Å²) in [4.78, 5) is 18.9. The fraction of sp³-hybridized carbons (Fsp3) is 0.161. The summed E-state index contributed by atoms with van der Waals surface area (Å²) in [6, 6.07) is 21.5. The highest BCUT2D eigenvalue weighted by Gasteiger charge is 2.14. The van der Waals surface area contributed by atoms with Crippen LogP contribution in [-0.4, -0.2) is 30.9 Å². The first-order chi connectivity index (χ1) is 17.9. The van der Waals surface area contributed by atoms with Crippen LogP contribution in [0.2, 0.25) is 0 Å². The quantitative estimate of drug-likeness (QED) is 0.258. The summed E-state index contributed by atoms with van der Waals surface area (Å²) in [5.41, 5.74) is 4.29. The molecule has 1 heterocycles. The van der Waals surface area contributed by atoms with Gasteiger partial charge >= 0.3 is 0 Å². The lowest BCUT2D eigenvalue weighted by atomic mass is 10.1. The lowest BCUT2D eigenvalue weighted by molar-refractivity contribution is 0.348. The molecule has 186 valence electrons. The van der Waals surface area contributed by atoms with E-state index in [0.717, 1.165) is 33.2 Å². The Bertz CT molecular complexity index is 1730. The summed E-state index contributed by atoms with van der Waals surface area (Å²) in [6.45, 7) is 4.09. The largest absolute Gasteiger partial charge is 0.496 e. The minimum Gasteiger partial charge on any atom is -0.496 e. The number of aryl methyl sites for hydroxylation is 2. The number of rotatable bonds is 6. The maximum absolute atomic E-state index is 13.9. The van der Waals surface area contributed by atoms with E-state index in [0.29, 0.717) is 34.0 Å². The van der Waals surface area contributed by atoms with Crippen molar-refractivity contribution in [1.29, 1.82) is 0 Å². The molecule has 5 aromatic rings. The van der Waals surface area contributed by atoms with Crippen molar-refractivity contribution in [3.63, 3.8) is 0 Å². The third kappa shape index (κ3) is 4.42. The Labute approximate surface area is 215 Å². The van der Waals surface area contributed by atoms with E-state index in [1.807, 2.05) is 79.7 Å². The van der Waals surface area contributed by atoms with Crippen molar-refractivity contribution >= 4 is 33.8 Å². The molecular weight excluding hydrogens is 464 g/mol. The maximum atomic E-state index is 13.9. The van der Waals surface area contributed by atoms with Crippen molar-refractivity contribution in [3.8, 4) is 22.9 Å². The van der Waals surface area contributed by atoms with Crippen molar-refractivity contribution in [2.75, 3.05) is 21.3 Å². The second-order valence-corrected chi connectivity index (χ2v) is 8.88. The van der Waals surface area contributed by atoms with Gasteiger partial charge in [0.15, 0.2) is 11.5 Å². The van der Waals surface area contributed by atoms with Crippen LogP contribution in [0.4, 0.5) is 0 Å². The third-order valence-corrected chi connectivity index (χ3v) is 6.66. The topological polar surface area (TPSA) is 62.6 Å². The second-order valence-electron chi connectivity index (χ2n) is 8.88. The van der Waals surface area contributed by atoms with Gasteiger partial charge in [0.25, 0.3) is 5.56 Å². The van der Waals surface area contributed by atoms with Crippen LogP contribution in [0.25, 0.3) is 39.5 Å². The van der Waals surface area contributed by atoms with Crippen LogP contribution in [0.5, 0.6) is 17.2 Å². The molecule has 0 amide bonds. The highest BCUT2D eigenvalue weighted by molar-refractivity contribution is 5.96. The first-order valence-electron chi connectivity index (χ1n) is 11.9. The Morgan fingerprint density at radius 1 is 0.730 bits per heavy atom. The summed E-state index contributed by atoms with van der Waals surface area (Å²) in [5.74, 6) is 2.26. The zero-order valence-electron chi connectivity index (χ0n) is 21.5. The molecule has 0 saturated heterocycles. The van der Waals surface area contributed by atoms with E-state index < -0.39 is 0 Å². The Morgan fingerprint density at radius 2 is 1.41 bits per heavy atom. The second kappa shape index (κ2) is 9.82. The van der Waals surface area contributed by atoms with Crippen molar-refractivity contribution in [2.45, 2.75) is 13.8 Å². The molecule has 0 radical (unpaired) electrons. The van der Waals surface area contributed by atoms with Crippen molar-refractivity contribution in [2.24, 2.45) is 0 Å². The van der Waals surface area contributed by atoms with Crippen LogP contribution in [0.15, 0.2) is 71.5 Å². The molecule has 0 bridgehead atoms. The molecule has 0 aliphatic rings. The van der Waals surface area contributed by atoms with Gasteiger partial charge in [0.05, 0.1) is 37.9 Å². The summed E-state index contributed by atoms with van der Waals surface area (Å²) < 4.78 is 18.1. The number of benzene rings is 4. The first kappa shape index (κ1) is 24.1. The SMILES string of the molecule is COc1cc(OC)c(OC)cc1/C=C/c1nc2cc3ccccc3cc2c(=O)n1-c1ccc(C)c(C)c1.